The predicted octanol–water partition coefficient (Wildman–Crippen LogP) is 0.890. The number of hydrogen-bond acceptors (Lipinski definition) is 7. The fourth-order valence-electron chi connectivity index (χ4n) is 3.17. The van der Waals surface area contributed by atoms with Crippen molar-refractivity contribution in [3.8, 4) is 11.5 Å². The lowest BCUT2D eigenvalue weighted by Gasteiger charge is -2.26. The van der Waals surface area contributed by atoms with Crippen molar-refractivity contribution in [2.75, 3.05) is 14.2 Å². The molecule has 0 amide bonds. The van der Waals surface area contributed by atoms with Gasteiger partial charge in [0.15, 0.2) is 34.7 Å². The van der Waals surface area contributed by atoms with Gasteiger partial charge in [0.2, 0.25) is 5.78 Å². The van der Waals surface area contributed by atoms with Crippen molar-refractivity contribution in [1.29, 1.82) is 0 Å². The van der Waals surface area contributed by atoms with Crippen LogP contribution in [0.2, 0.25) is 0 Å². The number of fused-ring (bicyclic) bond motifs is 1. The Labute approximate surface area is 138 Å². The van der Waals surface area contributed by atoms with Crippen LogP contribution in [0.5, 0.6) is 11.5 Å². The monoisotopic (exact) mass is 334 g/mol. The second kappa shape index (κ2) is 5.61. The number of aromatic hydroxyl groups is 1. The highest BCUT2D eigenvalue weighted by Gasteiger charge is 2.71. The molecule has 7 heteroatoms. The zero-order chi connectivity index (χ0) is 17.6. The third kappa shape index (κ3) is 2.20. The molecular formula is C17H18O7. The van der Waals surface area contributed by atoms with E-state index in [1.165, 1.54) is 26.4 Å². The molecule has 24 heavy (non-hydrogen) atoms. The van der Waals surface area contributed by atoms with E-state index in [4.69, 9.17) is 14.2 Å². The first-order valence-corrected chi connectivity index (χ1v) is 7.44. The van der Waals surface area contributed by atoms with E-state index in [2.05, 4.69) is 0 Å². The highest BCUT2D eigenvalue weighted by atomic mass is 16.6. The van der Waals surface area contributed by atoms with E-state index >= 15 is 0 Å². The summed E-state index contributed by atoms with van der Waals surface area (Å²) in [4.78, 5) is 24.5. The van der Waals surface area contributed by atoms with Gasteiger partial charge in [0.1, 0.15) is 0 Å². The van der Waals surface area contributed by atoms with Gasteiger partial charge < -0.3 is 24.4 Å². The maximum Gasteiger partial charge on any atom is 0.229 e. The molecule has 0 aromatic heterocycles. The molecule has 4 unspecified atom stereocenters. The molecule has 1 aliphatic carbocycles. The molecule has 1 saturated heterocycles. The number of Topliss-reactive ketones (excluding diaryl/α,β-unsaturated/α-hetero) is 1. The van der Waals surface area contributed by atoms with Crippen LogP contribution in [0.15, 0.2) is 30.0 Å². The van der Waals surface area contributed by atoms with Gasteiger partial charge in [-0.1, -0.05) is 13.0 Å². The van der Waals surface area contributed by atoms with Crippen molar-refractivity contribution in [2.24, 2.45) is 5.92 Å². The van der Waals surface area contributed by atoms with Crippen LogP contribution < -0.4 is 4.74 Å². The molecule has 1 fully saturated rings. The number of epoxide rings is 1. The van der Waals surface area contributed by atoms with E-state index in [0.717, 1.165) is 6.08 Å². The molecule has 1 heterocycles. The first kappa shape index (κ1) is 16.5. The topological polar surface area (TPSA) is 106 Å². The molecule has 2 aliphatic rings. The van der Waals surface area contributed by atoms with Gasteiger partial charge in [0.05, 0.1) is 20.3 Å². The lowest BCUT2D eigenvalue weighted by Crippen LogP contribution is -2.42. The van der Waals surface area contributed by atoms with E-state index in [9.17, 15) is 19.8 Å². The minimum atomic E-state index is -1.38. The number of carbonyl (C=O) groups is 2. The van der Waals surface area contributed by atoms with Crippen LogP contribution in [0, 0.1) is 5.92 Å². The molecule has 0 saturated carbocycles. The van der Waals surface area contributed by atoms with Gasteiger partial charge in [-0.15, -0.1) is 0 Å². The van der Waals surface area contributed by atoms with Crippen LogP contribution >= 0.6 is 0 Å². The number of rotatable bonds is 5. The first-order valence-electron chi connectivity index (χ1n) is 7.44. The van der Waals surface area contributed by atoms with E-state index in [1.807, 2.05) is 0 Å². The molecule has 3 rings (SSSR count). The zero-order valence-corrected chi connectivity index (χ0v) is 13.5. The van der Waals surface area contributed by atoms with Crippen molar-refractivity contribution in [2.45, 2.75) is 24.7 Å². The SMILES string of the molecule is COC1=CC(=O)C2(C(C)C(O)c3ccc(OC)c(O)c3)OC2C1=O. The number of phenols is 1. The Morgan fingerprint density at radius 3 is 2.54 bits per heavy atom. The van der Waals surface area contributed by atoms with Gasteiger partial charge in [-0.3, -0.25) is 9.59 Å². The van der Waals surface area contributed by atoms with E-state index in [-0.39, 0.29) is 17.3 Å². The summed E-state index contributed by atoms with van der Waals surface area (Å²) < 4.78 is 15.3. The number of ketones is 2. The number of hydrogen-bond donors (Lipinski definition) is 2. The van der Waals surface area contributed by atoms with Crippen molar-refractivity contribution < 1.29 is 34.0 Å². The van der Waals surface area contributed by atoms with Gasteiger partial charge in [-0.25, -0.2) is 0 Å². The summed E-state index contributed by atoms with van der Waals surface area (Å²) in [5.74, 6) is -1.40. The highest BCUT2D eigenvalue weighted by Crippen LogP contribution is 2.52. The molecule has 1 aromatic rings. The predicted molar refractivity (Wildman–Crippen MR) is 81.5 cm³/mol. The molecule has 128 valence electrons. The Morgan fingerprint density at radius 2 is 1.96 bits per heavy atom. The fraction of sp³-hybridized carbons (Fsp3) is 0.412. The molecule has 7 nitrogen and oxygen atoms in total. The number of aliphatic hydroxyl groups is 1. The Balaban J connectivity index is 1.89. The number of benzene rings is 1. The van der Waals surface area contributed by atoms with Gasteiger partial charge in [0.25, 0.3) is 0 Å². The van der Waals surface area contributed by atoms with Crippen molar-refractivity contribution in [3.63, 3.8) is 0 Å². The smallest absolute Gasteiger partial charge is 0.229 e. The molecule has 0 bridgehead atoms. The summed E-state index contributed by atoms with van der Waals surface area (Å²) >= 11 is 0. The zero-order valence-electron chi connectivity index (χ0n) is 13.5. The first-order chi connectivity index (χ1) is 11.4. The number of methoxy groups -OCH3 is 2. The summed E-state index contributed by atoms with van der Waals surface area (Å²) in [7, 11) is 2.73. The molecule has 0 spiro atoms. The maximum absolute atomic E-state index is 12.4. The number of aliphatic hydroxyl groups excluding tert-OH is 1. The summed E-state index contributed by atoms with van der Waals surface area (Å²) in [6.45, 7) is 1.63. The van der Waals surface area contributed by atoms with Crippen LogP contribution in [0.25, 0.3) is 0 Å². The molecule has 2 N–H and O–H groups in total. The van der Waals surface area contributed by atoms with E-state index in [1.54, 1.807) is 13.0 Å². The minimum absolute atomic E-state index is 0.0399. The minimum Gasteiger partial charge on any atom is -0.504 e. The van der Waals surface area contributed by atoms with Crippen molar-refractivity contribution in [1.82, 2.24) is 0 Å². The summed E-state index contributed by atoms with van der Waals surface area (Å²) in [6.07, 6.45) is -0.942. The van der Waals surface area contributed by atoms with Gasteiger partial charge in [-0.05, 0) is 17.7 Å². The summed E-state index contributed by atoms with van der Waals surface area (Å²) in [6, 6.07) is 4.46. The van der Waals surface area contributed by atoms with E-state index in [0.29, 0.717) is 5.56 Å². The van der Waals surface area contributed by atoms with Gasteiger partial charge >= 0.3 is 0 Å². The molecule has 1 aliphatic heterocycles. The highest BCUT2D eigenvalue weighted by molar-refractivity contribution is 6.17. The Hall–Kier alpha value is -2.38. The van der Waals surface area contributed by atoms with Crippen molar-refractivity contribution in [3.05, 3.63) is 35.6 Å². The third-order valence-electron chi connectivity index (χ3n) is 4.69. The molecule has 4 atom stereocenters. The third-order valence-corrected chi connectivity index (χ3v) is 4.69. The molecular weight excluding hydrogens is 316 g/mol. The Morgan fingerprint density at radius 1 is 1.25 bits per heavy atom. The largest absolute Gasteiger partial charge is 0.504 e. The summed E-state index contributed by atoms with van der Waals surface area (Å²) in [5.41, 5.74) is -0.986. The lowest BCUT2D eigenvalue weighted by atomic mass is 9.77. The van der Waals surface area contributed by atoms with Crippen LogP contribution in [-0.2, 0) is 19.1 Å². The van der Waals surface area contributed by atoms with Crippen LogP contribution in [0.4, 0.5) is 0 Å². The second-order valence-corrected chi connectivity index (χ2v) is 5.90. The Bertz CT molecular complexity index is 738. The summed E-state index contributed by atoms with van der Waals surface area (Å²) in [5, 5.41) is 20.5. The molecule has 1 aromatic carbocycles. The van der Waals surface area contributed by atoms with Gasteiger partial charge in [-0.2, -0.15) is 0 Å². The average molecular weight is 334 g/mol. The number of carbonyl (C=O) groups excluding carboxylic acids is 2. The van der Waals surface area contributed by atoms with Crippen LogP contribution in [0.1, 0.15) is 18.6 Å². The average Bonchev–Trinajstić information content (AvgIpc) is 3.34. The fourth-order valence-corrected chi connectivity index (χ4v) is 3.17. The van der Waals surface area contributed by atoms with Crippen LogP contribution in [0.3, 0.4) is 0 Å². The normalized spacial score (nSPS) is 27.8. The van der Waals surface area contributed by atoms with Crippen molar-refractivity contribution >= 4 is 11.6 Å². The van der Waals surface area contributed by atoms with Gasteiger partial charge in [0, 0.05) is 12.0 Å². The van der Waals surface area contributed by atoms with Crippen LogP contribution in [-0.4, -0.2) is 47.7 Å². The second-order valence-electron chi connectivity index (χ2n) is 5.90. The lowest BCUT2D eigenvalue weighted by molar-refractivity contribution is -0.126. The number of ether oxygens (including phenoxy) is 3. The molecule has 0 radical (unpaired) electrons. The standard InChI is InChI=1S/C17H18O7/c1-8(14(20)9-4-5-11(22-2)10(18)6-9)17-13(19)7-12(23-3)15(21)16(17)24-17/h4-8,14,16,18,20H,1-3H3. The number of phenolic OH excluding ortho intramolecular Hbond substituents is 1. The maximum atomic E-state index is 12.4. The quantitative estimate of drug-likeness (QED) is 0.770. The van der Waals surface area contributed by atoms with E-state index < -0.39 is 35.3 Å². The Kier molecular flexibility index (Phi) is 3.85.